The first-order valence-corrected chi connectivity index (χ1v) is 8.86. The van der Waals surface area contributed by atoms with Crippen molar-refractivity contribution in [2.24, 2.45) is 4.99 Å². The predicted molar refractivity (Wildman–Crippen MR) is 112 cm³/mol. The molecular formula is C18H30IN5O. The number of carbonyl (C=O) groups excluding carboxylic acids is 1. The van der Waals surface area contributed by atoms with Gasteiger partial charge in [0.05, 0.1) is 0 Å². The number of pyridine rings is 1. The number of carbonyl (C=O) groups is 1. The standard InChI is InChI=1S/C18H29N5O.HI/c1-4-17(24)23-11-9-16(13-23)22-18(19-5-2)20-10-8-15-7-6-14(3)21-12-15;/h6-7,12,16H,4-5,8-11,13H2,1-3H3,(H2,19,20,22);1H. The average Bonchev–Trinajstić information content (AvgIpc) is 3.04. The lowest BCUT2D eigenvalue weighted by molar-refractivity contribution is -0.129. The summed E-state index contributed by atoms with van der Waals surface area (Å²) in [6, 6.07) is 4.41. The molecule has 1 aromatic rings. The highest BCUT2D eigenvalue weighted by Crippen LogP contribution is 2.10. The van der Waals surface area contributed by atoms with Gasteiger partial charge in [0.25, 0.3) is 0 Å². The van der Waals surface area contributed by atoms with Crippen molar-refractivity contribution in [3.8, 4) is 0 Å². The molecule has 2 N–H and O–H groups in total. The lowest BCUT2D eigenvalue weighted by Crippen LogP contribution is -2.45. The molecule has 0 aromatic carbocycles. The van der Waals surface area contributed by atoms with Gasteiger partial charge in [0.2, 0.25) is 5.91 Å². The monoisotopic (exact) mass is 459 g/mol. The van der Waals surface area contributed by atoms with Crippen molar-refractivity contribution in [1.29, 1.82) is 0 Å². The number of aliphatic imine (C=N–C) groups is 1. The minimum atomic E-state index is 0. The van der Waals surface area contributed by atoms with Crippen LogP contribution in [0.15, 0.2) is 23.3 Å². The third kappa shape index (κ3) is 7.17. The topological polar surface area (TPSA) is 69.6 Å². The van der Waals surface area contributed by atoms with E-state index in [2.05, 4.69) is 33.6 Å². The van der Waals surface area contributed by atoms with Crippen molar-refractivity contribution in [2.45, 2.75) is 46.1 Å². The Morgan fingerprint density at radius 1 is 1.40 bits per heavy atom. The van der Waals surface area contributed by atoms with Crippen LogP contribution in [0.5, 0.6) is 0 Å². The summed E-state index contributed by atoms with van der Waals surface area (Å²) in [6.45, 7) is 9.09. The summed E-state index contributed by atoms with van der Waals surface area (Å²) in [6.07, 6.45) is 4.33. The molecule has 1 aliphatic heterocycles. The van der Waals surface area contributed by atoms with Crippen LogP contribution in [0.3, 0.4) is 0 Å². The van der Waals surface area contributed by atoms with E-state index in [4.69, 9.17) is 0 Å². The molecule has 1 amide bonds. The zero-order valence-corrected chi connectivity index (χ0v) is 17.7. The Kier molecular flexibility index (Phi) is 9.77. The van der Waals surface area contributed by atoms with E-state index in [9.17, 15) is 4.79 Å². The minimum Gasteiger partial charge on any atom is -0.357 e. The first kappa shape index (κ1) is 21.7. The molecule has 2 rings (SSSR count). The van der Waals surface area contributed by atoms with E-state index in [1.54, 1.807) is 0 Å². The second-order valence-electron chi connectivity index (χ2n) is 6.14. The molecule has 0 bridgehead atoms. The van der Waals surface area contributed by atoms with Gasteiger partial charge in [0, 0.05) is 50.5 Å². The van der Waals surface area contributed by atoms with Crippen LogP contribution in [-0.4, -0.2) is 54.0 Å². The molecule has 0 spiro atoms. The third-order valence-electron chi connectivity index (χ3n) is 4.17. The number of aromatic nitrogens is 1. The van der Waals surface area contributed by atoms with E-state index in [0.717, 1.165) is 44.1 Å². The van der Waals surface area contributed by atoms with Crippen molar-refractivity contribution in [1.82, 2.24) is 20.5 Å². The summed E-state index contributed by atoms with van der Waals surface area (Å²) >= 11 is 0. The van der Waals surface area contributed by atoms with Crippen LogP contribution >= 0.6 is 24.0 Å². The SMILES string of the molecule is CCNC(=NCCc1ccc(C)nc1)NC1CCN(C(=O)CC)C1.I. The van der Waals surface area contributed by atoms with Crippen molar-refractivity contribution in [2.75, 3.05) is 26.2 Å². The second-order valence-corrected chi connectivity index (χ2v) is 6.14. The lowest BCUT2D eigenvalue weighted by atomic mass is 10.2. The Morgan fingerprint density at radius 2 is 2.20 bits per heavy atom. The fraction of sp³-hybridized carbons (Fsp3) is 0.611. The number of guanidine groups is 1. The summed E-state index contributed by atoms with van der Waals surface area (Å²) in [5.41, 5.74) is 2.23. The fourth-order valence-corrected chi connectivity index (χ4v) is 2.78. The van der Waals surface area contributed by atoms with E-state index >= 15 is 0 Å². The Bertz CT molecular complexity index is 561. The number of halogens is 1. The van der Waals surface area contributed by atoms with Crippen LogP contribution in [0.1, 0.15) is 37.9 Å². The number of rotatable bonds is 6. The van der Waals surface area contributed by atoms with Crippen molar-refractivity contribution in [3.63, 3.8) is 0 Å². The molecule has 1 unspecified atom stereocenters. The first-order chi connectivity index (χ1) is 11.6. The maximum Gasteiger partial charge on any atom is 0.222 e. The highest BCUT2D eigenvalue weighted by molar-refractivity contribution is 14.0. The maximum atomic E-state index is 11.8. The van der Waals surface area contributed by atoms with Gasteiger partial charge in [-0.3, -0.25) is 14.8 Å². The molecule has 0 aliphatic carbocycles. The van der Waals surface area contributed by atoms with Crippen LogP contribution in [0, 0.1) is 6.92 Å². The molecule has 140 valence electrons. The number of likely N-dealkylation sites (tertiary alicyclic amines) is 1. The molecule has 1 atom stereocenters. The quantitative estimate of drug-likeness (QED) is 0.389. The average molecular weight is 459 g/mol. The normalized spacial score (nSPS) is 17.2. The Hall–Kier alpha value is -1.38. The van der Waals surface area contributed by atoms with Gasteiger partial charge in [0.15, 0.2) is 5.96 Å². The van der Waals surface area contributed by atoms with Gasteiger partial charge in [0.1, 0.15) is 0 Å². The molecule has 1 aromatic heterocycles. The van der Waals surface area contributed by atoms with Crippen LogP contribution < -0.4 is 10.6 Å². The number of amides is 1. The Balaban J connectivity index is 0.00000312. The lowest BCUT2D eigenvalue weighted by Gasteiger charge is -2.18. The van der Waals surface area contributed by atoms with E-state index in [1.165, 1.54) is 5.56 Å². The molecular weight excluding hydrogens is 429 g/mol. The maximum absolute atomic E-state index is 11.8. The van der Waals surface area contributed by atoms with Crippen LogP contribution in [0.25, 0.3) is 0 Å². The van der Waals surface area contributed by atoms with Gasteiger partial charge in [-0.05, 0) is 38.3 Å². The second kappa shape index (κ2) is 11.3. The highest BCUT2D eigenvalue weighted by atomic mass is 127. The van der Waals surface area contributed by atoms with Gasteiger partial charge >= 0.3 is 0 Å². The smallest absolute Gasteiger partial charge is 0.222 e. The van der Waals surface area contributed by atoms with Crippen LogP contribution in [0.4, 0.5) is 0 Å². The van der Waals surface area contributed by atoms with Crippen LogP contribution in [-0.2, 0) is 11.2 Å². The summed E-state index contributed by atoms with van der Waals surface area (Å²) in [4.78, 5) is 22.7. The molecule has 0 saturated carbocycles. The largest absolute Gasteiger partial charge is 0.357 e. The van der Waals surface area contributed by atoms with Crippen molar-refractivity contribution in [3.05, 3.63) is 29.6 Å². The van der Waals surface area contributed by atoms with Gasteiger partial charge < -0.3 is 15.5 Å². The molecule has 6 nitrogen and oxygen atoms in total. The zero-order valence-electron chi connectivity index (χ0n) is 15.4. The van der Waals surface area contributed by atoms with Crippen LogP contribution in [0.2, 0.25) is 0 Å². The summed E-state index contributed by atoms with van der Waals surface area (Å²) < 4.78 is 0. The first-order valence-electron chi connectivity index (χ1n) is 8.86. The third-order valence-corrected chi connectivity index (χ3v) is 4.17. The van der Waals surface area contributed by atoms with Gasteiger partial charge in [-0.15, -0.1) is 24.0 Å². The van der Waals surface area contributed by atoms with Gasteiger partial charge in [-0.2, -0.15) is 0 Å². The van der Waals surface area contributed by atoms with E-state index < -0.39 is 0 Å². The van der Waals surface area contributed by atoms with Gasteiger partial charge in [-0.25, -0.2) is 0 Å². The number of hydrogen-bond acceptors (Lipinski definition) is 3. The Labute approximate surface area is 167 Å². The molecule has 7 heteroatoms. The number of hydrogen-bond donors (Lipinski definition) is 2. The number of aryl methyl sites for hydroxylation is 1. The Morgan fingerprint density at radius 3 is 2.84 bits per heavy atom. The minimum absolute atomic E-state index is 0. The highest BCUT2D eigenvalue weighted by Gasteiger charge is 2.25. The van der Waals surface area contributed by atoms with E-state index in [0.29, 0.717) is 13.0 Å². The summed E-state index contributed by atoms with van der Waals surface area (Å²) in [5.74, 6) is 1.06. The van der Waals surface area contributed by atoms with E-state index in [1.807, 2.05) is 31.0 Å². The van der Waals surface area contributed by atoms with E-state index in [-0.39, 0.29) is 35.9 Å². The zero-order chi connectivity index (χ0) is 17.4. The molecule has 2 heterocycles. The molecule has 1 aliphatic rings. The van der Waals surface area contributed by atoms with Gasteiger partial charge in [-0.1, -0.05) is 13.0 Å². The van der Waals surface area contributed by atoms with Crippen molar-refractivity contribution >= 4 is 35.8 Å². The molecule has 0 radical (unpaired) electrons. The number of nitrogens with one attached hydrogen (secondary N) is 2. The molecule has 1 fully saturated rings. The fourth-order valence-electron chi connectivity index (χ4n) is 2.78. The predicted octanol–water partition coefficient (Wildman–Crippen LogP) is 2.12. The molecule has 1 saturated heterocycles. The number of nitrogens with zero attached hydrogens (tertiary/aromatic N) is 3. The van der Waals surface area contributed by atoms with Crippen molar-refractivity contribution < 1.29 is 4.79 Å². The summed E-state index contributed by atoms with van der Waals surface area (Å²) in [7, 11) is 0. The molecule has 25 heavy (non-hydrogen) atoms. The summed E-state index contributed by atoms with van der Waals surface area (Å²) in [5, 5.41) is 6.73.